The minimum Gasteiger partial charge on any atom is -0.394 e. The summed E-state index contributed by atoms with van der Waals surface area (Å²) >= 11 is 0. The number of aryl methyl sites for hydroxylation is 2. The van der Waals surface area contributed by atoms with Crippen molar-refractivity contribution in [2.45, 2.75) is 52.6 Å². The average molecular weight is 240 g/mol. The molecule has 1 heterocycles. The third-order valence-corrected chi connectivity index (χ3v) is 3.02. The number of aromatic nitrogens is 3. The number of rotatable bonds is 6. The van der Waals surface area contributed by atoms with Gasteiger partial charge in [0.2, 0.25) is 0 Å². The highest BCUT2D eigenvalue weighted by Crippen LogP contribution is 2.21. The predicted octanol–water partition coefficient (Wildman–Crippen LogP) is 1.21. The molecule has 0 bridgehead atoms. The maximum atomic E-state index is 9.48. The summed E-state index contributed by atoms with van der Waals surface area (Å²) in [5.74, 6) is 1.72. The molecule has 0 spiro atoms. The van der Waals surface area contributed by atoms with Gasteiger partial charge in [-0.15, -0.1) is 0 Å². The summed E-state index contributed by atoms with van der Waals surface area (Å²) in [5, 5.41) is 17.2. The van der Waals surface area contributed by atoms with Crippen molar-refractivity contribution in [1.29, 1.82) is 0 Å². The van der Waals surface area contributed by atoms with Crippen LogP contribution in [-0.2, 0) is 0 Å². The number of likely N-dealkylation sites (N-methyl/N-ethyl adjacent to an activating group) is 1. The second-order valence-corrected chi connectivity index (χ2v) is 4.95. The molecule has 0 aliphatic rings. The molecule has 5 nitrogen and oxygen atoms in total. The standard InChI is InChI=1S/C12H24N4O/c1-6-13-12(5,8-17)7-9(2)16-11(4)14-10(3)15-16/h9,13,17H,6-8H2,1-5H3. The molecule has 0 radical (unpaired) electrons. The van der Waals surface area contributed by atoms with E-state index in [2.05, 4.69) is 22.3 Å². The maximum Gasteiger partial charge on any atom is 0.147 e. The second kappa shape index (κ2) is 5.60. The quantitative estimate of drug-likeness (QED) is 0.784. The molecule has 0 aromatic carbocycles. The first-order chi connectivity index (χ1) is 7.91. The first-order valence-electron chi connectivity index (χ1n) is 6.17. The molecule has 98 valence electrons. The molecule has 0 fully saturated rings. The molecule has 0 saturated heterocycles. The maximum absolute atomic E-state index is 9.48. The summed E-state index contributed by atoms with van der Waals surface area (Å²) in [7, 11) is 0. The SMILES string of the molecule is CCNC(C)(CO)CC(C)n1nc(C)nc1C. The first-order valence-corrected chi connectivity index (χ1v) is 6.17. The summed E-state index contributed by atoms with van der Waals surface area (Å²) in [5.41, 5.74) is -0.263. The Balaban J connectivity index is 2.77. The van der Waals surface area contributed by atoms with Gasteiger partial charge in [-0.3, -0.25) is 0 Å². The van der Waals surface area contributed by atoms with Crippen LogP contribution in [0, 0.1) is 13.8 Å². The van der Waals surface area contributed by atoms with E-state index in [9.17, 15) is 5.11 Å². The largest absolute Gasteiger partial charge is 0.394 e. The van der Waals surface area contributed by atoms with Crippen molar-refractivity contribution in [2.75, 3.05) is 13.2 Å². The van der Waals surface area contributed by atoms with E-state index in [-0.39, 0.29) is 18.2 Å². The lowest BCUT2D eigenvalue weighted by atomic mass is 9.94. The normalized spacial score (nSPS) is 16.8. The van der Waals surface area contributed by atoms with Crippen LogP contribution in [0.2, 0.25) is 0 Å². The Labute approximate surface area is 103 Å². The van der Waals surface area contributed by atoms with Crippen LogP contribution in [0.25, 0.3) is 0 Å². The minimum absolute atomic E-state index is 0.123. The van der Waals surface area contributed by atoms with Crippen LogP contribution >= 0.6 is 0 Å². The monoisotopic (exact) mass is 240 g/mol. The molecule has 2 unspecified atom stereocenters. The lowest BCUT2D eigenvalue weighted by Gasteiger charge is -2.31. The van der Waals surface area contributed by atoms with Crippen molar-refractivity contribution in [2.24, 2.45) is 0 Å². The highest BCUT2D eigenvalue weighted by atomic mass is 16.3. The predicted molar refractivity (Wildman–Crippen MR) is 68.0 cm³/mol. The van der Waals surface area contributed by atoms with Crippen LogP contribution in [-0.4, -0.2) is 38.6 Å². The van der Waals surface area contributed by atoms with Crippen LogP contribution < -0.4 is 5.32 Å². The van der Waals surface area contributed by atoms with E-state index in [0.29, 0.717) is 0 Å². The van der Waals surface area contributed by atoms with Gasteiger partial charge in [-0.05, 0) is 40.7 Å². The third kappa shape index (κ3) is 3.51. The Morgan fingerprint density at radius 1 is 1.47 bits per heavy atom. The highest BCUT2D eigenvalue weighted by Gasteiger charge is 2.26. The van der Waals surface area contributed by atoms with Gasteiger partial charge in [0.05, 0.1) is 12.6 Å². The molecular formula is C12H24N4O. The summed E-state index contributed by atoms with van der Waals surface area (Å²) in [6.07, 6.45) is 0.820. The Morgan fingerprint density at radius 3 is 2.53 bits per heavy atom. The molecule has 0 saturated carbocycles. The summed E-state index contributed by atoms with van der Waals surface area (Å²) in [6.45, 7) is 11.0. The van der Waals surface area contributed by atoms with Crippen molar-refractivity contribution in [1.82, 2.24) is 20.1 Å². The van der Waals surface area contributed by atoms with Crippen molar-refractivity contribution >= 4 is 0 Å². The average Bonchev–Trinajstić information content (AvgIpc) is 2.58. The Kier molecular flexibility index (Phi) is 4.65. The highest BCUT2D eigenvalue weighted by molar-refractivity contribution is 4.92. The van der Waals surface area contributed by atoms with Gasteiger partial charge in [0.1, 0.15) is 11.6 Å². The topological polar surface area (TPSA) is 63.0 Å². The van der Waals surface area contributed by atoms with E-state index < -0.39 is 0 Å². The molecule has 5 heteroatoms. The number of hydrogen-bond donors (Lipinski definition) is 2. The molecule has 1 rings (SSSR count). The number of aliphatic hydroxyl groups is 1. The van der Waals surface area contributed by atoms with Crippen LogP contribution in [0.4, 0.5) is 0 Å². The molecule has 0 aliphatic carbocycles. The van der Waals surface area contributed by atoms with Crippen LogP contribution in [0.15, 0.2) is 0 Å². The van der Waals surface area contributed by atoms with E-state index in [0.717, 1.165) is 24.6 Å². The Bertz CT molecular complexity index is 363. The summed E-state index contributed by atoms with van der Waals surface area (Å²) < 4.78 is 1.93. The van der Waals surface area contributed by atoms with E-state index in [1.165, 1.54) is 0 Å². The molecule has 1 aromatic rings. The molecular weight excluding hydrogens is 216 g/mol. The second-order valence-electron chi connectivity index (χ2n) is 4.95. The minimum atomic E-state index is -0.263. The zero-order valence-corrected chi connectivity index (χ0v) is 11.5. The molecule has 17 heavy (non-hydrogen) atoms. The number of aliphatic hydroxyl groups excluding tert-OH is 1. The molecule has 0 aliphatic heterocycles. The van der Waals surface area contributed by atoms with Crippen LogP contribution in [0.1, 0.15) is 44.9 Å². The van der Waals surface area contributed by atoms with Gasteiger partial charge in [0.25, 0.3) is 0 Å². The van der Waals surface area contributed by atoms with Crippen LogP contribution in [0.3, 0.4) is 0 Å². The van der Waals surface area contributed by atoms with Crippen LogP contribution in [0.5, 0.6) is 0 Å². The van der Waals surface area contributed by atoms with Gasteiger partial charge in [-0.25, -0.2) is 9.67 Å². The molecule has 0 amide bonds. The zero-order valence-electron chi connectivity index (χ0n) is 11.5. The molecule has 2 atom stereocenters. The van der Waals surface area contributed by atoms with Crippen molar-refractivity contribution < 1.29 is 5.11 Å². The van der Waals surface area contributed by atoms with Crippen molar-refractivity contribution in [3.05, 3.63) is 11.6 Å². The van der Waals surface area contributed by atoms with E-state index in [4.69, 9.17) is 0 Å². The van der Waals surface area contributed by atoms with Gasteiger partial charge < -0.3 is 10.4 Å². The van der Waals surface area contributed by atoms with Gasteiger partial charge in [-0.2, -0.15) is 5.10 Å². The molecule has 1 aromatic heterocycles. The number of nitrogens with one attached hydrogen (secondary N) is 1. The fraction of sp³-hybridized carbons (Fsp3) is 0.833. The van der Waals surface area contributed by atoms with Gasteiger partial charge >= 0.3 is 0 Å². The van der Waals surface area contributed by atoms with E-state index in [1.807, 2.05) is 32.4 Å². The van der Waals surface area contributed by atoms with E-state index >= 15 is 0 Å². The fourth-order valence-electron chi connectivity index (χ4n) is 2.31. The lowest BCUT2D eigenvalue weighted by molar-refractivity contribution is 0.150. The van der Waals surface area contributed by atoms with Crippen molar-refractivity contribution in [3.8, 4) is 0 Å². The Hall–Kier alpha value is -0.940. The first kappa shape index (κ1) is 14.1. The third-order valence-electron chi connectivity index (χ3n) is 3.02. The smallest absolute Gasteiger partial charge is 0.147 e. The van der Waals surface area contributed by atoms with Gasteiger partial charge in [0, 0.05) is 5.54 Å². The molecule has 2 N–H and O–H groups in total. The Morgan fingerprint density at radius 2 is 2.12 bits per heavy atom. The fourth-order valence-corrected chi connectivity index (χ4v) is 2.31. The van der Waals surface area contributed by atoms with Crippen molar-refractivity contribution in [3.63, 3.8) is 0 Å². The number of hydrogen-bond acceptors (Lipinski definition) is 4. The lowest BCUT2D eigenvalue weighted by Crippen LogP contribution is -2.47. The number of nitrogens with zero attached hydrogens (tertiary/aromatic N) is 3. The zero-order chi connectivity index (χ0) is 13.1. The van der Waals surface area contributed by atoms with Gasteiger partial charge in [0.15, 0.2) is 0 Å². The summed E-state index contributed by atoms with van der Waals surface area (Å²) in [6, 6.07) is 0.215. The summed E-state index contributed by atoms with van der Waals surface area (Å²) in [4.78, 5) is 4.30. The van der Waals surface area contributed by atoms with Gasteiger partial charge in [-0.1, -0.05) is 6.92 Å². The van der Waals surface area contributed by atoms with E-state index in [1.54, 1.807) is 0 Å².